The summed E-state index contributed by atoms with van der Waals surface area (Å²) in [5.74, 6) is 0.219. The second kappa shape index (κ2) is 6.24. The number of hydrogen-bond acceptors (Lipinski definition) is 2. The fraction of sp³-hybridized carbons (Fsp3) is 0.923. The number of hydrogen-bond donors (Lipinski definition) is 0. The third kappa shape index (κ3) is 2.76. The van der Waals surface area contributed by atoms with Crippen molar-refractivity contribution in [3.8, 4) is 0 Å². The molecule has 1 rings (SSSR count). The number of ether oxygens (including phenoxy) is 1. The molecule has 0 spiro atoms. The first-order chi connectivity index (χ1) is 7.70. The zero-order valence-electron chi connectivity index (χ0n) is 10.9. The fourth-order valence-electron chi connectivity index (χ4n) is 2.23. The summed E-state index contributed by atoms with van der Waals surface area (Å²) in [6, 6.07) is 0. The van der Waals surface area contributed by atoms with Gasteiger partial charge in [0.05, 0.1) is 0 Å². The van der Waals surface area contributed by atoms with Crippen LogP contribution in [0.1, 0.15) is 52.4 Å². The fourth-order valence-corrected chi connectivity index (χ4v) is 2.23. The molecule has 0 aromatic rings. The molecule has 0 radical (unpaired) electrons. The van der Waals surface area contributed by atoms with Crippen molar-refractivity contribution < 1.29 is 9.53 Å². The van der Waals surface area contributed by atoms with Crippen molar-refractivity contribution in [2.75, 3.05) is 20.2 Å². The van der Waals surface area contributed by atoms with Crippen molar-refractivity contribution in [2.45, 2.75) is 58.0 Å². The van der Waals surface area contributed by atoms with Crippen molar-refractivity contribution >= 4 is 5.91 Å². The first kappa shape index (κ1) is 13.5. The Labute approximate surface area is 99.1 Å². The number of amides is 1. The Hall–Kier alpha value is -0.570. The van der Waals surface area contributed by atoms with Gasteiger partial charge in [-0.05, 0) is 32.1 Å². The predicted octanol–water partition coefficient (Wildman–Crippen LogP) is 2.59. The highest BCUT2D eigenvalue weighted by Gasteiger charge is 2.46. The van der Waals surface area contributed by atoms with Gasteiger partial charge in [-0.15, -0.1) is 0 Å². The monoisotopic (exact) mass is 227 g/mol. The minimum absolute atomic E-state index is 0.219. The van der Waals surface area contributed by atoms with Crippen LogP contribution in [-0.4, -0.2) is 36.6 Å². The van der Waals surface area contributed by atoms with Crippen molar-refractivity contribution in [2.24, 2.45) is 0 Å². The van der Waals surface area contributed by atoms with Crippen molar-refractivity contribution in [1.29, 1.82) is 0 Å². The van der Waals surface area contributed by atoms with Crippen LogP contribution in [-0.2, 0) is 9.53 Å². The standard InChI is InChI=1S/C13H25NO2/c1-4-6-11-14(10-5-2)12(15)13(16-3)8-7-9-13/h4-11H2,1-3H3. The molecule has 3 heteroatoms. The molecule has 0 saturated heterocycles. The summed E-state index contributed by atoms with van der Waals surface area (Å²) in [6.45, 7) is 6.02. The Morgan fingerprint density at radius 2 is 1.94 bits per heavy atom. The summed E-state index contributed by atoms with van der Waals surface area (Å²) in [5.41, 5.74) is -0.469. The first-order valence-electron chi connectivity index (χ1n) is 6.54. The first-order valence-corrected chi connectivity index (χ1v) is 6.54. The minimum Gasteiger partial charge on any atom is -0.368 e. The maximum absolute atomic E-state index is 12.4. The van der Waals surface area contributed by atoms with Gasteiger partial charge in [-0.25, -0.2) is 0 Å². The smallest absolute Gasteiger partial charge is 0.254 e. The Morgan fingerprint density at radius 1 is 1.25 bits per heavy atom. The molecule has 0 bridgehead atoms. The zero-order chi connectivity index (χ0) is 12.0. The minimum atomic E-state index is -0.469. The molecule has 94 valence electrons. The van der Waals surface area contributed by atoms with Gasteiger partial charge in [0.2, 0.25) is 0 Å². The lowest BCUT2D eigenvalue weighted by molar-refractivity contribution is -0.166. The third-order valence-corrected chi connectivity index (χ3v) is 3.50. The van der Waals surface area contributed by atoms with Crippen molar-refractivity contribution in [3.05, 3.63) is 0 Å². The number of carbonyl (C=O) groups excluding carboxylic acids is 1. The molecule has 1 aliphatic rings. The molecule has 0 aliphatic heterocycles. The topological polar surface area (TPSA) is 29.5 Å². The van der Waals surface area contributed by atoms with Crippen molar-refractivity contribution in [1.82, 2.24) is 4.90 Å². The second-order valence-corrected chi connectivity index (χ2v) is 4.70. The average molecular weight is 227 g/mol. The predicted molar refractivity (Wildman–Crippen MR) is 65.4 cm³/mol. The summed E-state index contributed by atoms with van der Waals surface area (Å²) in [6.07, 6.45) is 6.16. The van der Waals surface area contributed by atoms with Crippen LogP contribution in [0.2, 0.25) is 0 Å². The van der Waals surface area contributed by atoms with Crippen LogP contribution in [0.25, 0.3) is 0 Å². The maximum atomic E-state index is 12.4. The molecule has 3 nitrogen and oxygen atoms in total. The van der Waals surface area contributed by atoms with Crippen molar-refractivity contribution in [3.63, 3.8) is 0 Å². The molecule has 0 aromatic heterocycles. The average Bonchev–Trinajstić information content (AvgIpc) is 2.23. The SMILES string of the molecule is CCCCN(CCC)C(=O)C1(OC)CCC1. The molecule has 1 saturated carbocycles. The van der Waals surface area contributed by atoms with Crippen LogP contribution in [0.15, 0.2) is 0 Å². The van der Waals surface area contributed by atoms with Gasteiger partial charge >= 0.3 is 0 Å². The van der Waals surface area contributed by atoms with Crippen LogP contribution in [0, 0.1) is 0 Å². The molecule has 0 N–H and O–H groups in total. The van der Waals surface area contributed by atoms with Gasteiger partial charge < -0.3 is 9.64 Å². The van der Waals surface area contributed by atoms with Gasteiger partial charge in [0, 0.05) is 20.2 Å². The van der Waals surface area contributed by atoms with E-state index in [1.807, 2.05) is 4.90 Å². The molecule has 1 fully saturated rings. The molecule has 0 unspecified atom stereocenters. The van der Waals surface area contributed by atoms with E-state index < -0.39 is 5.60 Å². The van der Waals surface area contributed by atoms with Gasteiger partial charge in [0.25, 0.3) is 5.91 Å². The van der Waals surface area contributed by atoms with Gasteiger partial charge in [-0.3, -0.25) is 4.79 Å². The van der Waals surface area contributed by atoms with E-state index in [9.17, 15) is 4.79 Å². The van der Waals surface area contributed by atoms with Gasteiger partial charge in [-0.2, -0.15) is 0 Å². The molecule has 1 amide bonds. The Balaban J connectivity index is 2.58. The van der Waals surface area contributed by atoms with E-state index in [-0.39, 0.29) is 5.91 Å². The highest BCUT2D eigenvalue weighted by atomic mass is 16.5. The molecular formula is C13H25NO2. The van der Waals surface area contributed by atoms with Gasteiger partial charge in [-0.1, -0.05) is 20.3 Å². The van der Waals surface area contributed by atoms with Crippen LogP contribution >= 0.6 is 0 Å². The van der Waals surface area contributed by atoms with E-state index in [4.69, 9.17) is 4.74 Å². The summed E-state index contributed by atoms with van der Waals surface area (Å²) in [4.78, 5) is 14.4. The summed E-state index contributed by atoms with van der Waals surface area (Å²) in [7, 11) is 1.67. The van der Waals surface area contributed by atoms with Crippen LogP contribution in [0.4, 0.5) is 0 Å². The zero-order valence-corrected chi connectivity index (χ0v) is 10.9. The lowest BCUT2D eigenvalue weighted by Gasteiger charge is -2.42. The summed E-state index contributed by atoms with van der Waals surface area (Å²) >= 11 is 0. The summed E-state index contributed by atoms with van der Waals surface area (Å²) < 4.78 is 5.45. The molecule has 16 heavy (non-hydrogen) atoms. The van der Waals surface area contributed by atoms with Gasteiger partial charge in [0.1, 0.15) is 5.60 Å². The maximum Gasteiger partial charge on any atom is 0.254 e. The molecule has 0 atom stereocenters. The quantitative estimate of drug-likeness (QED) is 0.669. The third-order valence-electron chi connectivity index (χ3n) is 3.50. The van der Waals surface area contributed by atoms with E-state index >= 15 is 0 Å². The van der Waals surface area contributed by atoms with Crippen LogP contribution in [0.3, 0.4) is 0 Å². The Bertz CT molecular complexity index is 218. The Morgan fingerprint density at radius 3 is 2.31 bits per heavy atom. The van der Waals surface area contributed by atoms with Crippen LogP contribution < -0.4 is 0 Å². The second-order valence-electron chi connectivity index (χ2n) is 4.70. The highest BCUT2D eigenvalue weighted by Crippen LogP contribution is 2.36. The molecular weight excluding hydrogens is 202 g/mol. The van der Waals surface area contributed by atoms with E-state index in [1.165, 1.54) is 0 Å². The number of rotatable bonds is 7. The van der Waals surface area contributed by atoms with Crippen LogP contribution in [0.5, 0.6) is 0 Å². The number of carbonyl (C=O) groups is 1. The largest absolute Gasteiger partial charge is 0.368 e. The summed E-state index contributed by atoms with van der Waals surface area (Å²) in [5, 5.41) is 0. The lowest BCUT2D eigenvalue weighted by atomic mass is 9.78. The lowest BCUT2D eigenvalue weighted by Crippen LogP contribution is -2.54. The highest BCUT2D eigenvalue weighted by molar-refractivity contribution is 5.86. The van der Waals surface area contributed by atoms with E-state index in [2.05, 4.69) is 13.8 Å². The molecule has 0 heterocycles. The molecule has 0 aromatic carbocycles. The van der Waals surface area contributed by atoms with E-state index in [0.29, 0.717) is 0 Å². The number of methoxy groups -OCH3 is 1. The normalized spacial score (nSPS) is 17.9. The number of unbranched alkanes of at least 4 members (excludes halogenated alkanes) is 1. The Kier molecular flexibility index (Phi) is 5.26. The van der Waals surface area contributed by atoms with E-state index in [1.54, 1.807) is 7.11 Å². The molecule has 1 aliphatic carbocycles. The number of nitrogens with zero attached hydrogens (tertiary/aromatic N) is 1. The van der Waals surface area contributed by atoms with E-state index in [0.717, 1.165) is 51.6 Å². The van der Waals surface area contributed by atoms with Gasteiger partial charge in [0.15, 0.2) is 0 Å².